The molecule has 2 heterocycles. The van der Waals surface area contributed by atoms with E-state index in [4.69, 9.17) is 0 Å². The first-order chi connectivity index (χ1) is 10.3. The van der Waals surface area contributed by atoms with Crippen LogP contribution >= 0.6 is 0 Å². The summed E-state index contributed by atoms with van der Waals surface area (Å²) in [5, 5.41) is 5.26. The van der Waals surface area contributed by atoms with E-state index in [0.717, 1.165) is 0 Å². The van der Waals surface area contributed by atoms with Crippen molar-refractivity contribution in [2.45, 2.75) is 38.5 Å². The monoisotopic (exact) mass is 319 g/mol. The van der Waals surface area contributed by atoms with Crippen molar-refractivity contribution in [1.29, 1.82) is 0 Å². The summed E-state index contributed by atoms with van der Waals surface area (Å²) in [6, 6.07) is 2.17. The molecule has 2 atom stereocenters. The van der Waals surface area contributed by atoms with E-state index in [2.05, 4.69) is 10.6 Å². The van der Waals surface area contributed by atoms with E-state index in [1.807, 2.05) is 0 Å². The van der Waals surface area contributed by atoms with Crippen LogP contribution in [0.25, 0.3) is 0 Å². The molecule has 0 radical (unpaired) electrons. The van der Waals surface area contributed by atoms with Gasteiger partial charge in [-0.3, -0.25) is 9.59 Å². The van der Waals surface area contributed by atoms with Crippen LogP contribution in [0.3, 0.4) is 0 Å². The molecule has 0 aromatic carbocycles. The number of anilines is 1. The number of alkyl halides is 3. The Hall–Kier alpha value is -1.83. The van der Waals surface area contributed by atoms with Gasteiger partial charge in [-0.15, -0.1) is 0 Å². The van der Waals surface area contributed by atoms with Crippen LogP contribution in [-0.2, 0) is 11.3 Å². The fourth-order valence-electron chi connectivity index (χ4n) is 2.44. The summed E-state index contributed by atoms with van der Waals surface area (Å²) in [5.41, 5.74) is 0.274. The van der Waals surface area contributed by atoms with Gasteiger partial charge in [0.05, 0.1) is 17.6 Å². The zero-order valence-corrected chi connectivity index (χ0v) is 12.1. The number of carbonyl (C=O) groups is 1. The lowest BCUT2D eigenvalue weighted by atomic mass is 9.94. The second kappa shape index (κ2) is 6.51. The summed E-state index contributed by atoms with van der Waals surface area (Å²) >= 11 is 0. The molecule has 1 fully saturated rings. The molecule has 2 rings (SSSR count). The molecule has 8 heteroatoms. The molecular formula is C14H20F3N3O2. The topological polar surface area (TPSA) is 63.1 Å². The average molecular weight is 319 g/mol. The van der Waals surface area contributed by atoms with E-state index in [0.29, 0.717) is 12.2 Å². The summed E-state index contributed by atoms with van der Waals surface area (Å²) in [6.45, 7) is 2.01. The highest BCUT2D eigenvalue weighted by Crippen LogP contribution is 2.32. The van der Waals surface area contributed by atoms with Gasteiger partial charge in [0.1, 0.15) is 0 Å². The van der Waals surface area contributed by atoms with Crippen molar-refractivity contribution >= 4 is 11.6 Å². The maximum absolute atomic E-state index is 12.6. The van der Waals surface area contributed by atoms with Crippen molar-refractivity contribution < 1.29 is 19.4 Å². The molecule has 124 valence electrons. The Morgan fingerprint density at radius 3 is 2.73 bits per heavy atom. The highest BCUT2D eigenvalue weighted by atomic mass is 19.4. The average Bonchev–Trinajstić information content (AvgIpc) is 2.48. The second-order valence-corrected chi connectivity index (χ2v) is 5.31. The molecule has 0 aliphatic carbocycles. The Bertz CT molecular complexity index is 596. The summed E-state index contributed by atoms with van der Waals surface area (Å²) in [4.78, 5) is 23.5. The first-order valence-corrected chi connectivity index (χ1v) is 7.12. The highest BCUT2D eigenvalue weighted by molar-refractivity contribution is 5.94. The molecule has 0 bridgehead atoms. The van der Waals surface area contributed by atoms with Crippen LogP contribution < -0.4 is 16.2 Å². The minimum absolute atomic E-state index is 0. The van der Waals surface area contributed by atoms with Gasteiger partial charge in [-0.2, -0.15) is 13.2 Å². The molecule has 1 amide bonds. The Morgan fingerprint density at radius 2 is 2.18 bits per heavy atom. The summed E-state index contributed by atoms with van der Waals surface area (Å²) in [6.07, 6.45) is -2.65. The first kappa shape index (κ1) is 16.5. The number of carbonyl (C=O) groups excluding carboxylic acids is 1. The first-order valence-electron chi connectivity index (χ1n) is 7.12. The van der Waals surface area contributed by atoms with Gasteiger partial charge < -0.3 is 15.2 Å². The number of halogens is 3. The van der Waals surface area contributed by atoms with Gasteiger partial charge >= 0.3 is 6.18 Å². The predicted molar refractivity (Wildman–Crippen MR) is 77.7 cm³/mol. The van der Waals surface area contributed by atoms with Crippen LogP contribution in [0.4, 0.5) is 18.9 Å². The predicted octanol–water partition coefficient (Wildman–Crippen LogP) is 1.98. The fourth-order valence-corrected chi connectivity index (χ4v) is 2.44. The third-order valence-corrected chi connectivity index (χ3v) is 3.79. The number of piperidine rings is 1. The maximum atomic E-state index is 12.6. The molecule has 5 nitrogen and oxygen atoms in total. The van der Waals surface area contributed by atoms with E-state index in [-0.39, 0.29) is 32.3 Å². The smallest absolute Gasteiger partial charge is 0.323 e. The van der Waals surface area contributed by atoms with Gasteiger partial charge in [0.2, 0.25) is 5.91 Å². The fraction of sp³-hybridized carbons (Fsp3) is 0.571. The van der Waals surface area contributed by atoms with E-state index < -0.39 is 18.1 Å². The number of nitrogens with one attached hydrogen (secondary N) is 2. The lowest BCUT2D eigenvalue weighted by Gasteiger charge is -2.30. The zero-order valence-electron chi connectivity index (χ0n) is 12.1. The van der Waals surface area contributed by atoms with Gasteiger partial charge in [-0.1, -0.05) is 0 Å². The quantitative estimate of drug-likeness (QED) is 0.895. The third kappa shape index (κ3) is 3.88. The van der Waals surface area contributed by atoms with Crippen LogP contribution in [0.1, 0.15) is 21.2 Å². The van der Waals surface area contributed by atoms with Gasteiger partial charge in [0.25, 0.3) is 5.56 Å². The van der Waals surface area contributed by atoms with Crippen molar-refractivity contribution in [2.75, 3.05) is 11.9 Å². The molecule has 1 saturated heterocycles. The second-order valence-electron chi connectivity index (χ2n) is 5.31. The third-order valence-electron chi connectivity index (χ3n) is 3.79. The van der Waals surface area contributed by atoms with Crippen LogP contribution in [0.15, 0.2) is 23.1 Å². The number of nitrogens with zero attached hydrogens (tertiary/aromatic N) is 1. The largest absolute Gasteiger partial charge is 0.393 e. The maximum Gasteiger partial charge on any atom is 0.393 e. The number of aryl methyl sites for hydroxylation is 1. The summed E-state index contributed by atoms with van der Waals surface area (Å²) in [5.74, 6) is -1.79. The van der Waals surface area contributed by atoms with Crippen LogP contribution in [0, 0.1) is 5.92 Å². The van der Waals surface area contributed by atoms with Gasteiger partial charge in [0.15, 0.2) is 0 Å². The Balaban J connectivity index is 0.00000264. The van der Waals surface area contributed by atoms with Crippen molar-refractivity contribution in [2.24, 2.45) is 5.92 Å². The Labute approximate surface area is 127 Å². The number of amides is 1. The van der Waals surface area contributed by atoms with Gasteiger partial charge in [-0.25, -0.2) is 0 Å². The lowest BCUT2D eigenvalue weighted by molar-refractivity contribution is -0.180. The molecule has 22 heavy (non-hydrogen) atoms. The molecule has 2 N–H and O–H groups in total. The lowest BCUT2D eigenvalue weighted by Crippen LogP contribution is -2.49. The number of hydrogen-bond donors (Lipinski definition) is 2. The minimum Gasteiger partial charge on any atom is -0.323 e. The van der Waals surface area contributed by atoms with E-state index in [9.17, 15) is 22.8 Å². The molecular weight excluding hydrogens is 299 g/mol. The van der Waals surface area contributed by atoms with Crippen molar-refractivity contribution in [3.63, 3.8) is 0 Å². The molecule has 1 aromatic rings. The van der Waals surface area contributed by atoms with Gasteiger partial charge in [0, 0.05) is 26.8 Å². The van der Waals surface area contributed by atoms with E-state index in [1.165, 1.54) is 22.9 Å². The number of pyridine rings is 1. The zero-order chi connectivity index (χ0) is 16.3. The van der Waals surface area contributed by atoms with Crippen molar-refractivity contribution in [3.8, 4) is 0 Å². The normalized spacial score (nSPS) is 22.4. The van der Waals surface area contributed by atoms with Crippen molar-refractivity contribution in [1.82, 2.24) is 9.88 Å². The highest BCUT2D eigenvalue weighted by Gasteiger charge is 2.42. The van der Waals surface area contributed by atoms with Gasteiger partial charge in [-0.05, 0) is 25.8 Å². The van der Waals surface area contributed by atoms with Crippen LogP contribution in [0.2, 0.25) is 0 Å². The van der Waals surface area contributed by atoms with E-state index in [1.54, 1.807) is 6.92 Å². The SMILES string of the molecule is CCn1cc(NC(=O)C2CCC(C(F)(F)F)CN2)ccc1=O.[HH]. The van der Waals surface area contributed by atoms with Crippen LogP contribution in [-0.4, -0.2) is 29.2 Å². The number of rotatable bonds is 3. The minimum atomic E-state index is -4.23. The number of aromatic nitrogens is 1. The molecule has 1 aliphatic heterocycles. The molecule has 1 aliphatic rings. The Kier molecular flexibility index (Phi) is 4.90. The van der Waals surface area contributed by atoms with E-state index >= 15 is 0 Å². The number of hydrogen-bond acceptors (Lipinski definition) is 3. The summed E-state index contributed by atoms with van der Waals surface area (Å²) < 4.78 is 39.1. The summed E-state index contributed by atoms with van der Waals surface area (Å²) in [7, 11) is 0. The molecule has 0 spiro atoms. The molecule has 2 unspecified atom stereocenters. The Morgan fingerprint density at radius 1 is 1.45 bits per heavy atom. The molecule has 0 saturated carbocycles. The standard InChI is InChI=1S/C14H18F3N3O2.H2/c1-2-20-8-10(4-6-12(20)21)19-13(22)11-5-3-9(7-18-11)14(15,16)17;/h4,6,8-9,11,18H,2-3,5,7H2,1H3,(H,19,22);1H. The van der Waals surface area contributed by atoms with Crippen molar-refractivity contribution in [3.05, 3.63) is 28.7 Å². The van der Waals surface area contributed by atoms with Crippen LogP contribution in [0.5, 0.6) is 0 Å². The molecule has 1 aromatic heterocycles.